The minimum Gasteiger partial charge on any atom is -0.339 e. The van der Waals surface area contributed by atoms with E-state index in [0.29, 0.717) is 55.0 Å². The Morgan fingerprint density at radius 2 is 1.85 bits per heavy atom. The Morgan fingerprint density at radius 3 is 2.61 bits per heavy atom. The van der Waals surface area contributed by atoms with Gasteiger partial charge < -0.3 is 14.4 Å². The number of fused-ring (bicyclic) bond motifs is 3. The van der Waals surface area contributed by atoms with Gasteiger partial charge in [-0.15, -0.1) is 10.2 Å². The first-order valence-corrected chi connectivity index (χ1v) is 17.3. The summed E-state index contributed by atoms with van der Waals surface area (Å²) in [7, 11) is 0. The number of rotatable bonds is 10. The van der Waals surface area contributed by atoms with Gasteiger partial charge in [-0.05, 0) is 62.1 Å². The van der Waals surface area contributed by atoms with E-state index < -0.39 is 0 Å². The van der Waals surface area contributed by atoms with E-state index in [1.807, 2.05) is 65.3 Å². The SMILES string of the molecule is CCC(C(=O)N1CCN(C(=O)CCCSc2nnc3c4cc(C)ccc4n(Cc4cccc(Cl)c4)c3n2)CC1C)c1ccccc1. The number of amides is 2. The van der Waals surface area contributed by atoms with Gasteiger partial charge in [0.1, 0.15) is 5.52 Å². The summed E-state index contributed by atoms with van der Waals surface area (Å²) >= 11 is 7.80. The second-order valence-electron chi connectivity index (χ2n) is 12.0. The first kappa shape index (κ1) is 32.0. The fourth-order valence-electron chi connectivity index (χ4n) is 6.39. The highest BCUT2D eigenvalue weighted by molar-refractivity contribution is 7.99. The van der Waals surface area contributed by atoms with Crippen LogP contribution in [0, 0.1) is 6.92 Å². The van der Waals surface area contributed by atoms with E-state index in [1.165, 1.54) is 11.8 Å². The molecule has 0 radical (unpaired) electrons. The molecule has 2 amide bonds. The fraction of sp³-hybridized carbons (Fsp3) is 0.361. The van der Waals surface area contributed by atoms with Gasteiger partial charge in [-0.25, -0.2) is 4.98 Å². The van der Waals surface area contributed by atoms with Crippen LogP contribution in [0.25, 0.3) is 22.1 Å². The third-order valence-electron chi connectivity index (χ3n) is 8.77. The van der Waals surface area contributed by atoms with Crippen molar-refractivity contribution in [3.05, 3.63) is 94.5 Å². The molecule has 5 aromatic rings. The van der Waals surface area contributed by atoms with Crippen LogP contribution in [0.1, 0.15) is 55.7 Å². The van der Waals surface area contributed by atoms with Crippen LogP contribution in [0.4, 0.5) is 0 Å². The molecule has 1 aliphatic heterocycles. The van der Waals surface area contributed by atoms with E-state index in [-0.39, 0.29) is 23.8 Å². The Bertz CT molecular complexity index is 1860. The average molecular weight is 655 g/mol. The summed E-state index contributed by atoms with van der Waals surface area (Å²) in [5, 5.41) is 11.4. The zero-order chi connectivity index (χ0) is 32.2. The number of halogens is 1. The molecule has 1 saturated heterocycles. The van der Waals surface area contributed by atoms with Gasteiger partial charge in [0, 0.05) is 54.8 Å². The largest absolute Gasteiger partial charge is 0.339 e. The van der Waals surface area contributed by atoms with Crippen molar-refractivity contribution in [2.24, 2.45) is 0 Å². The zero-order valence-corrected chi connectivity index (χ0v) is 28.1. The summed E-state index contributed by atoms with van der Waals surface area (Å²) in [6.07, 6.45) is 1.90. The molecule has 10 heteroatoms. The number of piperazine rings is 1. The third-order valence-corrected chi connectivity index (χ3v) is 9.93. The van der Waals surface area contributed by atoms with Crippen molar-refractivity contribution in [1.82, 2.24) is 29.5 Å². The first-order chi connectivity index (χ1) is 22.3. The van der Waals surface area contributed by atoms with E-state index in [1.54, 1.807) is 0 Å². The van der Waals surface area contributed by atoms with Crippen LogP contribution in [0.3, 0.4) is 0 Å². The maximum atomic E-state index is 13.4. The number of hydrogen-bond acceptors (Lipinski definition) is 6. The second kappa shape index (κ2) is 14.2. The van der Waals surface area contributed by atoms with Crippen LogP contribution < -0.4 is 0 Å². The maximum Gasteiger partial charge on any atom is 0.230 e. The summed E-state index contributed by atoms with van der Waals surface area (Å²) in [5.74, 6) is 0.828. The molecule has 6 rings (SSSR count). The molecule has 2 unspecified atom stereocenters. The molecule has 1 aliphatic rings. The lowest BCUT2D eigenvalue weighted by atomic mass is 9.94. The number of aryl methyl sites for hydroxylation is 1. The highest BCUT2D eigenvalue weighted by Gasteiger charge is 2.33. The summed E-state index contributed by atoms with van der Waals surface area (Å²) in [6, 6.07) is 24.2. The maximum absolute atomic E-state index is 13.4. The van der Waals surface area contributed by atoms with Gasteiger partial charge in [0.05, 0.1) is 11.4 Å². The molecular formula is C36H39ClN6O2S. The Labute approximate surface area is 279 Å². The topological polar surface area (TPSA) is 84.2 Å². The zero-order valence-electron chi connectivity index (χ0n) is 26.5. The Balaban J connectivity index is 1.06. The van der Waals surface area contributed by atoms with Gasteiger partial charge >= 0.3 is 0 Å². The predicted molar refractivity (Wildman–Crippen MR) is 185 cm³/mol. The molecule has 1 fully saturated rings. The van der Waals surface area contributed by atoms with E-state index >= 15 is 0 Å². The van der Waals surface area contributed by atoms with Gasteiger partial charge in [-0.2, -0.15) is 0 Å². The molecule has 0 aliphatic carbocycles. The molecule has 0 spiro atoms. The quantitative estimate of drug-likeness (QED) is 0.118. The highest BCUT2D eigenvalue weighted by atomic mass is 35.5. The van der Waals surface area contributed by atoms with E-state index in [9.17, 15) is 9.59 Å². The van der Waals surface area contributed by atoms with Gasteiger partial charge in [-0.1, -0.05) is 84.4 Å². The normalized spacial score (nSPS) is 15.9. The molecule has 0 bridgehead atoms. The van der Waals surface area contributed by atoms with E-state index in [2.05, 4.69) is 52.9 Å². The van der Waals surface area contributed by atoms with Crippen molar-refractivity contribution < 1.29 is 9.59 Å². The predicted octanol–water partition coefficient (Wildman–Crippen LogP) is 7.12. The molecule has 2 aromatic heterocycles. The number of carbonyl (C=O) groups is 2. The summed E-state index contributed by atoms with van der Waals surface area (Å²) in [5.41, 5.74) is 5.90. The number of carbonyl (C=O) groups excluding carboxylic acids is 2. The molecule has 2 atom stereocenters. The van der Waals surface area contributed by atoms with E-state index in [4.69, 9.17) is 16.6 Å². The summed E-state index contributed by atoms with van der Waals surface area (Å²) in [4.78, 5) is 35.4. The Morgan fingerprint density at radius 1 is 1.02 bits per heavy atom. The van der Waals surface area contributed by atoms with Crippen LogP contribution >= 0.6 is 23.4 Å². The van der Waals surface area contributed by atoms with Crippen molar-refractivity contribution in [1.29, 1.82) is 0 Å². The lowest BCUT2D eigenvalue weighted by molar-refractivity contribution is -0.143. The molecule has 0 saturated carbocycles. The first-order valence-electron chi connectivity index (χ1n) is 16.0. The molecular weight excluding hydrogens is 616 g/mol. The molecule has 238 valence electrons. The minimum absolute atomic E-state index is 0.0222. The monoisotopic (exact) mass is 654 g/mol. The average Bonchev–Trinajstić information content (AvgIpc) is 3.35. The molecule has 3 aromatic carbocycles. The highest BCUT2D eigenvalue weighted by Crippen LogP contribution is 2.30. The van der Waals surface area contributed by atoms with Crippen molar-refractivity contribution in [3.63, 3.8) is 0 Å². The molecule has 0 N–H and O–H groups in total. The standard InChI is InChI=1S/C36H39ClN6O2S/c1-4-29(27-11-6-5-7-12-27)35(45)42-18-17-41(22-25(42)3)32(44)14-9-19-46-36-38-34-33(39-40-36)30-20-24(2)15-16-31(30)43(34)23-26-10-8-13-28(37)21-26/h5-8,10-13,15-16,20-21,25,29H,4,9,14,17-19,22-23H2,1-3H3. The van der Waals surface area contributed by atoms with Crippen molar-refractivity contribution in [3.8, 4) is 0 Å². The summed E-state index contributed by atoms with van der Waals surface area (Å²) < 4.78 is 2.17. The van der Waals surface area contributed by atoms with E-state index in [0.717, 1.165) is 45.2 Å². The second-order valence-corrected chi connectivity index (χ2v) is 13.5. The smallest absolute Gasteiger partial charge is 0.230 e. The van der Waals surface area contributed by atoms with Crippen molar-refractivity contribution >= 4 is 57.2 Å². The lowest BCUT2D eigenvalue weighted by Gasteiger charge is -2.41. The number of hydrogen-bond donors (Lipinski definition) is 0. The van der Waals surface area contributed by atoms with Gasteiger partial charge in [0.25, 0.3) is 0 Å². The van der Waals surface area contributed by atoms with Gasteiger partial charge in [-0.3, -0.25) is 9.59 Å². The lowest BCUT2D eigenvalue weighted by Crippen LogP contribution is -2.56. The van der Waals surface area contributed by atoms with Crippen LogP contribution in [0.2, 0.25) is 5.02 Å². The van der Waals surface area contributed by atoms with Crippen LogP contribution in [-0.2, 0) is 16.1 Å². The van der Waals surface area contributed by atoms with Gasteiger partial charge in [0.2, 0.25) is 17.0 Å². The van der Waals surface area contributed by atoms with Crippen molar-refractivity contribution in [2.75, 3.05) is 25.4 Å². The molecule has 46 heavy (non-hydrogen) atoms. The number of nitrogens with zero attached hydrogens (tertiary/aromatic N) is 6. The number of aromatic nitrogens is 4. The third kappa shape index (κ3) is 6.90. The Kier molecular flexibility index (Phi) is 9.89. The van der Waals surface area contributed by atoms with Crippen LogP contribution in [0.15, 0.2) is 78.0 Å². The number of thioether (sulfide) groups is 1. The number of benzene rings is 3. The van der Waals surface area contributed by atoms with Crippen LogP contribution in [-0.4, -0.2) is 72.8 Å². The van der Waals surface area contributed by atoms with Crippen molar-refractivity contribution in [2.45, 2.75) is 63.7 Å². The minimum atomic E-state index is -0.152. The van der Waals surface area contributed by atoms with Gasteiger partial charge in [0.15, 0.2) is 5.65 Å². The van der Waals surface area contributed by atoms with Crippen LogP contribution in [0.5, 0.6) is 0 Å². The fourth-order valence-corrected chi connectivity index (χ4v) is 7.32. The molecule has 8 nitrogen and oxygen atoms in total. The summed E-state index contributed by atoms with van der Waals surface area (Å²) in [6.45, 7) is 8.46. The molecule has 3 heterocycles. The Hall–Kier alpha value is -3.95.